The summed E-state index contributed by atoms with van der Waals surface area (Å²) in [5, 5.41) is 10.9. The number of aromatic nitrogens is 1. The van der Waals surface area contributed by atoms with E-state index in [0.717, 1.165) is 16.6 Å². The number of ether oxygens (including phenoxy) is 1. The number of carbonyl (C=O) groups is 1. The van der Waals surface area contributed by atoms with Gasteiger partial charge in [-0.15, -0.1) is 0 Å². The summed E-state index contributed by atoms with van der Waals surface area (Å²) in [4.78, 5) is 17.7. The number of aromatic amines is 1. The standard InChI is InChI=1S/C16H20N2O3/c1-10-11(2)17-15-13(10)4-3-5-14(15)16(20)18-6-7-21-9-12(19)8-18/h3-5,12,17,19H,6-9H2,1-2H3/t12-/m0/s1. The van der Waals surface area contributed by atoms with Gasteiger partial charge in [0, 0.05) is 24.2 Å². The number of benzene rings is 1. The van der Waals surface area contributed by atoms with E-state index in [9.17, 15) is 9.90 Å². The first-order valence-corrected chi connectivity index (χ1v) is 7.21. The first-order valence-electron chi connectivity index (χ1n) is 7.21. The van der Waals surface area contributed by atoms with E-state index >= 15 is 0 Å². The zero-order chi connectivity index (χ0) is 15.0. The molecule has 21 heavy (non-hydrogen) atoms. The lowest BCUT2D eigenvalue weighted by Gasteiger charge is -2.21. The monoisotopic (exact) mass is 288 g/mol. The number of nitrogens with zero attached hydrogens (tertiary/aromatic N) is 1. The molecule has 0 aliphatic carbocycles. The smallest absolute Gasteiger partial charge is 0.256 e. The average Bonchev–Trinajstić information content (AvgIpc) is 2.65. The van der Waals surface area contributed by atoms with E-state index in [4.69, 9.17) is 4.74 Å². The molecule has 2 heterocycles. The molecule has 1 fully saturated rings. The molecule has 2 aromatic rings. The summed E-state index contributed by atoms with van der Waals surface area (Å²) in [6, 6.07) is 5.75. The molecule has 1 amide bonds. The Hall–Kier alpha value is -1.85. The maximum atomic E-state index is 12.8. The highest BCUT2D eigenvalue weighted by Crippen LogP contribution is 2.25. The number of H-pyrrole nitrogens is 1. The van der Waals surface area contributed by atoms with Crippen LogP contribution >= 0.6 is 0 Å². The summed E-state index contributed by atoms with van der Waals surface area (Å²) in [5.74, 6) is -0.0635. The number of rotatable bonds is 1. The van der Waals surface area contributed by atoms with Crippen molar-refractivity contribution in [2.24, 2.45) is 0 Å². The molecule has 3 rings (SSSR count). The molecule has 1 atom stereocenters. The van der Waals surface area contributed by atoms with Gasteiger partial charge in [-0.2, -0.15) is 0 Å². The molecule has 0 saturated carbocycles. The van der Waals surface area contributed by atoms with Crippen molar-refractivity contribution in [3.05, 3.63) is 35.0 Å². The van der Waals surface area contributed by atoms with Gasteiger partial charge in [-0.05, 0) is 25.5 Å². The van der Waals surface area contributed by atoms with Crippen LogP contribution in [0.5, 0.6) is 0 Å². The van der Waals surface area contributed by atoms with Gasteiger partial charge < -0.3 is 19.7 Å². The molecular weight excluding hydrogens is 268 g/mol. The number of aliphatic hydroxyl groups excluding tert-OH is 1. The van der Waals surface area contributed by atoms with Crippen LogP contribution in [0.3, 0.4) is 0 Å². The summed E-state index contributed by atoms with van der Waals surface area (Å²) in [6.45, 7) is 5.62. The van der Waals surface area contributed by atoms with E-state index in [-0.39, 0.29) is 12.5 Å². The number of aryl methyl sites for hydroxylation is 2. The van der Waals surface area contributed by atoms with Crippen molar-refractivity contribution in [1.29, 1.82) is 0 Å². The van der Waals surface area contributed by atoms with Gasteiger partial charge in [-0.25, -0.2) is 0 Å². The zero-order valence-corrected chi connectivity index (χ0v) is 12.3. The van der Waals surface area contributed by atoms with Crippen LogP contribution in [0.15, 0.2) is 18.2 Å². The van der Waals surface area contributed by atoms with Gasteiger partial charge in [-0.1, -0.05) is 12.1 Å². The largest absolute Gasteiger partial charge is 0.389 e. The van der Waals surface area contributed by atoms with Gasteiger partial charge in [0.15, 0.2) is 0 Å². The number of para-hydroxylation sites is 1. The van der Waals surface area contributed by atoms with E-state index in [1.807, 2.05) is 32.0 Å². The third-order valence-electron chi connectivity index (χ3n) is 4.11. The first-order chi connectivity index (χ1) is 10.1. The van der Waals surface area contributed by atoms with Crippen molar-refractivity contribution in [2.45, 2.75) is 20.0 Å². The number of carbonyl (C=O) groups excluding carboxylic acids is 1. The number of aliphatic hydroxyl groups is 1. The lowest BCUT2D eigenvalue weighted by Crippen LogP contribution is -2.37. The fraction of sp³-hybridized carbons (Fsp3) is 0.438. The molecule has 1 saturated heterocycles. The van der Waals surface area contributed by atoms with E-state index in [1.54, 1.807) is 4.90 Å². The third-order valence-corrected chi connectivity index (χ3v) is 4.11. The number of β-amino-alcohol motifs (C(OH)–C–C–N with tert-alkyl or cyclic N) is 1. The molecule has 0 spiro atoms. The van der Waals surface area contributed by atoms with E-state index in [2.05, 4.69) is 4.98 Å². The lowest BCUT2D eigenvalue weighted by molar-refractivity contribution is 0.0534. The van der Waals surface area contributed by atoms with Crippen LogP contribution < -0.4 is 0 Å². The van der Waals surface area contributed by atoms with Crippen LogP contribution in [-0.2, 0) is 4.74 Å². The molecule has 0 unspecified atom stereocenters. The van der Waals surface area contributed by atoms with Crippen LogP contribution in [0.4, 0.5) is 0 Å². The van der Waals surface area contributed by atoms with Gasteiger partial charge in [-0.3, -0.25) is 4.79 Å². The van der Waals surface area contributed by atoms with Crippen molar-refractivity contribution < 1.29 is 14.6 Å². The van der Waals surface area contributed by atoms with Crippen LogP contribution in [0.2, 0.25) is 0 Å². The summed E-state index contributed by atoms with van der Waals surface area (Å²) in [7, 11) is 0. The molecule has 1 aliphatic heterocycles. The Morgan fingerprint density at radius 3 is 3.05 bits per heavy atom. The average molecular weight is 288 g/mol. The number of fused-ring (bicyclic) bond motifs is 1. The zero-order valence-electron chi connectivity index (χ0n) is 12.3. The highest BCUT2D eigenvalue weighted by molar-refractivity contribution is 6.06. The van der Waals surface area contributed by atoms with Crippen molar-refractivity contribution >= 4 is 16.8 Å². The van der Waals surface area contributed by atoms with E-state index < -0.39 is 6.10 Å². The molecule has 112 valence electrons. The van der Waals surface area contributed by atoms with Gasteiger partial charge in [0.25, 0.3) is 5.91 Å². The Morgan fingerprint density at radius 2 is 2.24 bits per heavy atom. The summed E-state index contributed by atoms with van der Waals surface area (Å²) in [6.07, 6.45) is -0.622. The highest BCUT2D eigenvalue weighted by Gasteiger charge is 2.24. The molecule has 5 heteroatoms. The Labute approximate surface area is 123 Å². The Balaban J connectivity index is 1.99. The second kappa shape index (κ2) is 5.50. The molecule has 1 aliphatic rings. The fourth-order valence-electron chi connectivity index (χ4n) is 2.81. The van der Waals surface area contributed by atoms with E-state index in [0.29, 0.717) is 25.3 Å². The minimum Gasteiger partial charge on any atom is -0.389 e. The number of hydrogen-bond acceptors (Lipinski definition) is 3. The van der Waals surface area contributed by atoms with Crippen LogP contribution in [0.25, 0.3) is 10.9 Å². The quantitative estimate of drug-likeness (QED) is 0.838. The molecule has 2 N–H and O–H groups in total. The van der Waals surface area contributed by atoms with Crippen molar-refractivity contribution in [2.75, 3.05) is 26.3 Å². The molecule has 0 radical (unpaired) electrons. The summed E-state index contributed by atoms with van der Waals surface area (Å²) >= 11 is 0. The van der Waals surface area contributed by atoms with Gasteiger partial charge in [0.05, 0.1) is 30.4 Å². The summed E-state index contributed by atoms with van der Waals surface area (Å²) < 4.78 is 5.28. The van der Waals surface area contributed by atoms with Crippen molar-refractivity contribution in [3.63, 3.8) is 0 Å². The molecule has 0 bridgehead atoms. The minimum absolute atomic E-state index is 0.0635. The Morgan fingerprint density at radius 1 is 1.43 bits per heavy atom. The van der Waals surface area contributed by atoms with E-state index in [1.165, 1.54) is 5.56 Å². The number of nitrogens with one attached hydrogen (secondary N) is 1. The van der Waals surface area contributed by atoms with Crippen LogP contribution in [0.1, 0.15) is 21.6 Å². The second-order valence-corrected chi connectivity index (χ2v) is 5.58. The Kier molecular flexibility index (Phi) is 3.69. The lowest BCUT2D eigenvalue weighted by atomic mass is 10.1. The Bertz CT molecular complexity index is 677. The maximum absolute atomic E-state index is 12.8. The molecule has 1 aromatic carbocycles. The van der Waals surface area contributed by atoms with Gasteiger partial charge in [0.1, 0.15) is 0 Å². The van der Waals surface area contributed by atoms with Crippen molar-refractivity contribution in [3.8, 4) is 0 Å². The summed E-state index contributed by atoms with van der Waals surface area (Å²) in [5.41, 5.74) is 3.76. The SMILES string of the molecule is Cc1[nH]c2c(C(=O)N3CCOC[C@@H](O)C3)cccc2c1C. The van der Waals surface area contributed by atoms with Gasteiger partial charge >= 0.3 is 0 Å². The normalized spacial score (nSPS) is 19.8. The maximum Gasteiger partial charge on any atom is 0.256 e. The minimum atomic E-state index is -0.622. The highest BCUT2D eigenvalue weighted by atomic mass is 16.5. The fourth-order valence-corrected chi connectivity index (χ4v) is 2.81. The number of hydrogen-bond donors (Lipinski definition) is 2. The predicted molar refractivity (Wildman–Crippen MR) is 80.5 cm³/mol. The molecule has 5 nitrogen and oxygen atoms in total. The molecule has 1 aromatic heterocycles. The number of amides is 1. The molecular formula is C16H20N2O3. The second-order valence-electron chi connectivity index (χ2n) is 5.58. The van der Waals surface area contributed by atoms with Crippen LogP contribution in [-0.4, -0.2) is 53.3 Å². The van der Waals surface area contributed by atoms with Crippen molar-refractivity contribution in [1.82, 2.24) is 9.88 Å². The topological polar surface area (TPSA) is 65.6 Å². The third kappa shape index (κ3) is 2.54. The van der Waals surface area contributed by atoms with Crippen LogP contribution in [0, 0.1) is 13.8 Å². The predicted octanol–water partition coefficient (Wildman–Crippen LogP) is 1.62. The van der Waals surface area contributed by atoms with Gasteiger partial charge in [0.2, 0.25) is 0 Å². The first kappa shape index (κ1) is 14.1.